The summed E-state index contributed by atoms with van der Waals surface area (Å²) in [6.07, 6.45) is 2.24. The second-order valence-corrected chi connectivity index (χ2v) is 6.96. The minimum absolute atomic E-state index is 0. The Kier molecular flexibility index (Phi) is 9.50. The van der Waals surface area contributed by atoms with Crippen molar-refractivity contribution >= 4 is 11.7 Å². The Balaban J connectivity index is 0.00000243. The molecule has 1 aliphatic rings. The van der Waals surface area contributed by atoms with E-state index in [0.717, 1.165) is 31.7 Å². The molecule has 6 heteroatoms. The fourth-order valence-electron chi connectivity index (χ4n) is 3.40. The number of anilines is 1. The van der Waals surface area contributed by atoms with Gasteiger partial charge in [-0.1, -0.05) is 48.0 Å². The molecular weight excluding hydrogens is 351 g/mol. The molecule has 142 valence electrons. The molecule has 0 aromatic heterocycles. The van der Waals surface area contributed by atoms with Crippen LogP contribution in [0.25, 0.3) is 0 Å². The van der Waals surface area contributed by atoms with Gasteiger partial charge in [0.2, 0.25) is 0 Å². The number of aryl methyl sites for hydroxylation is 1. The standard InChI is InChI=1S/C21H26N2O2.Na.H2O.H/c1-17-7-9-19(10-8-17)22-21(20(24)25)12-15-23(16-13-21)14-11-18-5-3-2-4-6-18;;;/h2-10,22H,11-16H2,1H3,(H,24,25);;1H2;/q;+1;;-1. The van der Waals surface area contributed by atoms with E-state index < -0.39 is 11.5 Å². The van der Waals surface area contributed by atoms with E-state index in [1.165, 1.54) is 11.1 Å². The predicted octanol–water partition coefficient (Wildman–Crippen LogP) is -0.139. The van der Waals surface area contributed by atoms with Gasteiger partial charge in [0, 0.05) is 25.3 Å². The second kappa shape index (κ2) is 10.8. The van der Waals surface area contributed by atoms with Gasteiger partial charge in [-0.2, -0.15) is 0 Å². The molecule has 2 aromatic rings. The van der Waals surface area contributed by atoms with Crippen molar-refractivity contribution in [3.05, 3.63) is 65.7 Å². The topological polar surface area (TPSA) is 84.1 Å². The van der Waals surface area contributed by atoms with Gasteiger partial charge >= 0.3 is 35.5 Å². The number of carbonyl (C=O) groups is 1. The van der Waals surface area contributed by atoms with Gasteiger partial charge in [0.25, 0.3) is 0 Å². The molecular formula is C21H29N2NaO3. The van der Waals surface area contributed by atoms with E-state index in [0.29, 0.717) is 12.8 Å². The van der Waals surface area contributed by atoms with E-state index >= 15 is 0 Å². The largest absolute Gasteiger partial charge is 1.00 e. The Bertz CT molecular complexity index is 705. The summed E-state index contributed by atoms with van der Waals surface area (Å²) in [7, 11) is 0. The van der Waals surface area contributed by atoms with Crippen molar-refractivity contribution in [2.45, 2.75) is 31.7 Å². The van der Waals surface area contributed by atoms with Crippen LogP contribution in [0.15, 0.2) is 54.6 Å². The van der Waals surface area contributed by atoms with Crippen molar-refractivity contribution in [1.29, 1.82) is 0 Å². The van der Waals surface area contributed by atoms with Crippen LogP contribution in [0.5, 0.6) is 0 Å². The number of hydrogen-bond donors (Lipinski definition) is 2. The fraction of sp³-hybridized carbons (Fsp3) is 0.381. The van der Waals surface area contributed by atoms with Crippen LogP contribution in [-0.2, 0) is 11.2 Å². The third-order valence-corrected chi connectivity index (χ3v) is 5.11. The first-order chi connectivity index (χ1) is 12.1. The monoisotopic (exact) mass is 380 g/mol. The molecule has 0 spiro atoms. The Morgan fingerprint density at radius 2 is 1.70 bits per heavy atom. The number of likely N-dealkylation sites (tertiary alicyclic amines) is 1. The molecule has 0 bridgehead atoms. The molecule has 4 N–H and O–H groups in total. The average molecular weight is 380 g/mol. The van der Waals surface area contributed by atoms with Crippen molar-refractivity contribution in [1.82, 2.24) is 4.90 Å². The molecule has 0 unspecified atom stereocenters. The van der Waals surface area contributed by atoms with Crippen molar-refractivity contribution < 1.29 is 46.4 Å². The van der Waals surface area contributed by atoms with Crippen LogP contribution in [0.1, 0.15) is 25.4 Å². The zero-order valence-corrected chi connectivity index (χ0v) is 18.2. The minimum Gasteiger partial charge on any atom is -1.00 e. The maximum absolute atomic E-state index is 12.0. The average Bonchev–Trinajstić information content (AvgIpc) is 2.64. The normalized spacial score (nSPS) is 15.9. The van der Waals surface area contributed by atoms with Crippen LogP contribution in [0.2, 0.25) is 0 Å². The Labute approximate surface area is 184 Å². The third-order valence-electron chi connectivity index (χ3n) is 5.11. The van der Waals surface area contributed by atoms with Crippen LogP contribution >= 0.6 is 0 Å². The summed E-state index contributed by atoms with van der Waals surface area (Å²) in [5, 5.41) is 13.1. The zero-order chi connectivity index (χ0) is 17.7. The summed E-state index contributed by atoms with van der Waals surface area (Å²) >= 11 is 0. The van der Waals surface area contributed by atoms with Gasteiger partial charge in [-0.3, -0.25) is 0 Å². The molecule has 0 saturated carbocycles. The number of aliphatic carboxylic acids is 1. The van der Waals surface area contributed by atoms with E-state index in [-0.39, 0.29) is 36.5 Å². The van der Waals surface area contributed by atoms with Gasteiger partial charge in [0.15, 0.2) is 0 Å². The van der Waals surface area contributed by atoms with Crippen LogP contribution in [0.4, 0.5) is 5.69 Å². The molecule has 27 heavy (non-hydrogen) atoms. The molecule has 2 aromatic carbocycles. The maximum atomic E-state index is 12.0. The summed E-state index contributed by atoms with van der Waals surface area (Å²) in [6, 6.07) is 18.4. The van der Waals surface area contributed by atoms with Crippen molar-refractivity contribution in [3.63, 3.8) is 0 Å². The van der Waals surface area contributed by atoms with Gasteiger partial charge < -0.3 is 22.2 Å². The smallest absolute Gasteiger partial charge is 1.00 e. The Hall–Kier alpha value is -1.37. The third kappa shape index (κ3) is 6.33. The van der Waals surface area contributed by atoms with E-state index in [2.05, 4.69) is 34.5 Å². The first kappa shape index (κ1) is 23.7. The predicted molar refractivity (Wildman–Crippen MR) is 106 cm³/mol. The number of rotatable bonds is 6. The van der Waals surface area contributed by atoms with Crippen molar-refractivity contribution in [2.24, 2.45) is 0 Å². The number of nitrogens with zero attached hydrogens (tertiary/aromatic N) is 1. The first-order valence-corrected chi connectivity index (χ1v) is 8.92. The zero-order valence-electron chi connectivity index (χ0n) is 17.2. The van der Waals surface area contributed by atoms with Crippen LogP contribution in [0.3, 0.4) is 0 Å². The molecule has 1 saturated heterocycles. The molecule has 0 radical (unpaired) electrons. The van der Waals surface area contributed by atoms with E-state index in [1.807, 2.05) is 37.3 Å². The summed E-state index contributed by atoms with van der Waals surface area (Å²) < 4.78 is 0. The number of piperidine rings is 1. The SMILES string of the molecule is Cc1ccc(NC2(C(=O)O)CCN(CCc3ccccc3)CC2)cc1.O.[H-].[Na+]. The fourth-order valence-corrected chi connectivity index (χ4v) is 3.40. The van der Waals surface area contributed by atoms with E-state index in [4.69, 9.17) is 0 Å². The van der Waals surface area contributed by atoms with Gasteiger partial charge in [0.05, 0.1) is 0 Å². The Morgan fingerprint density at radius 3 is 2.26 bits per heavy atom. The first-order valence-electron chi connectivity index (χ1n) is 8.92. The molecule has 1 heterocycles. The molecule has 1 fully saturated rings. The van der Waals surface area contributed by atoms with Crippen molar-refractivity contribution in [2.75, 3.05) is 25.0 Å². The molecule has 3 rings (SSSR count). The van der Waals surface area contributed by atoms with Crippen molar-refractivity contribution in [3.8, 4) is 0 Å². The van der Waals surface area contributed by atoms with E-state index in [1.54, 1.807) is 0 Å². The van der Waals surface area contributed by atoms with E-state index in [9.17, 15) is 9.90 Å². The second-order valence-electron chi connectivity index (χ2n) is 6.96. The summed E-state index contributed by atoms with van der Waals surface area (Å²) in [4.78, 5) is 14.3. The maximum Gasteiger partial charge on any atom is 1.00 e. The number of nitrogens with one attached hydrogen (secondary N) is 1. The summed E-state index contributed by atoms with van der Waals surface area (Å²) in [5.41, 5.74) is 2.52. The number of benzene rings is 2. The molecule has 1 aliphatic heterocycles. The number of hydrogen-bond acceptors (Lipinski definition) is 3. The number of carboxylic acid groups (broad SMARTS) is 1. The van der Waals surface area contributed by atoms with Crippen LogP contribution < -0.4 is 34.9 Å². The summed E-state index contributed by atoms with van der Waals surface area (Å²) in [5.74, 6) is -0.754. The molecule has 0 aliphatic carbocycles. The van der Waals surface area contributed by atoms with Gasteiger partial charge in [-0.25, -0.2) is 4.79 Å². The van der Waals surface area contributed by atoms with Crippen LogP contribution in [-0.4, -0.2) is 46.6 Å². The van der Waals surface area contributed by atoms with Gasteiger partial charge in [-0.05, 0) is 43.9 Å². The Morgan fingerprint density at radius 1 is 1.11 bits per heavy atom. The summed E-state index contributed by atoms with van der Waals surface area (Å²) in [6.45, 7) is 4.61. The van der Waals surface area contributed by atoms with Crippen LogP contribution in [0, 0.1) is 6.92 Å². The molecule has 5 nitrogen and oxygen atoms in total. The quantitative estimate of drug-likeness (QED) is 0.684. The minimum atomic E-state index is -0.863. The number of carboxylic acids is 1. The molecule has 0 amide bonds. The van der Waals surface area contributed by atoms with Gasteiger partial charge in [-0.15, -0.1) is 0 Å². The molecule has 0 atom stereocenters. The van der Waals surface area contributed by atoms with Gasteiger partial charge in [0.1, 0.15) is 5.54 Å².